The summed E-state index contributed by atoms with van der Waals surface area (Å²) >= 11 is 0. The van der Waals surface area contributed by atoms with Gasteiger partial charge < -0.3 is 9.80 Å². The van der Waals surface area contributed by atoms with Crippen LogP contribution >= 0.6 is 0 Å². The van der Waals surface area contributed by atoms with Gasteiger partial charge in [0.1, 0.15) is 0 Å². The van der Waals surface area contributed by atoms with Crippen LogP contribution in [0.15, 0.2) is 24.3 Å². The molecule has 1 saturated heterocycles. The number of rotatable bonds is 4. The van der Waals surface area contributed by atoms with Crippen LogP contribution in [0, 0.1) is 0 Å². The quantitative estimate of drug-likeness (QED) is 0.816. The van der Waals surface area contributed by atoms with E-state index < -0.39 is 11.7 Å². The minimum Gasteiger partial charge on any atom is -0.342 e. The smallest absolute Gasteiger partial charge is 0.342 e. The van der Waals surface area contributed by atoms with Gasteiger partial charge in [0.05, 0.1) is 12.1 Å². The Morgan fingerprint density at radius 3 is 2.08 bits per heavy atom. The van der Waals surface area contributed by atoms with Crippen LogP contribution in [0.2, 0.25) is 0 Å². The van der Waals surface area contributed by atoms with Gasteiger partial charge >= 0.3 is 6.18 Å². The van der Waals surface area contributed by atoms with E-state index in [1.165, 1.54) is 12.1 Å². The Morgan fingerprint density at radius 1 is 1.08 bits per heavy atom. The lowest BCUT2D eigenvalue weighted by molar-refractivity contribution is -0.137. The van der Waals surface area contributed by atoms with Crippen molar-refractivity contribution < 1.29 is 22.8 Å². The molecule has 0 unspecified atom stereocenters. The zero-order valence-corrected chi connectivity index (χ0v) is 15.2. The summed E-state index contributed by atoms with van der Waals surface area (Å²) in [5.41, 5.74) is -0.534. The molecule has 1 heterocycles. The van der Waals surface area contributed by atoms with Crippen LogP contribution in [0.1, 0.15) is 29.8 Å². The third kappa shape index (κ3) is 4.97. The third-order valence-electron chi connectivity index (χ3n) is 4.65. The van der Waals surface area contributed by atoms with E-state index in [0.29, 0.717) is 32.7 Å². The number of carbonyl (C=O) groups excluding carboxylic acids is 2. The molecular weight excluding hydrogens is 347 g/mol. The van der Waals surface area contributed by atoms with E-state index in [1.807, 2.05) is 18.7 Å². The average Bonchev–Trinajstić information content (AvgIpc) is 2.60. The summed E-state index contributed by atoms with van der Waals surface area (Å²) in [5, 5.41) is 0. The molecule has 0 spiro atoms. The summed E-state index contributed by atoms with van der Waals surface area (Å²) in [6.45, 7) is 6.19. The molecule has 1 aromatic rings. The van der Waals surface area contributed by atoms with Gasteiger partial charge in [-0.05, 0) is 38.1 Å². The minimum absolute atomic E-state index is 0.0301. The highest BCUT2D eigenvalue weighted by molar-refractivity contribution is 5.94. The molecule has 0 aliphatic carbocycles. The van der Waals surface area contributed by atoms with Crippen LogP contribution in [0.4, 0.5) is 13.2 Å². The lowest BCUT2D eigenvalue weighted by atomic mass is 10.1. The third-order valence-corrected chi connectivity index (χ3v) is 4.65. The Kier molecular flexibility index (Phi) is 6.28. The van der Waals surface area contributed by atoms with Gasteiger partial charge in [-0.15, -0.1) is 0 Å². The van der Waals surface area contributed by atoms with Crippen molar-refractivity contribution in [2.45, 2.75) is 26.1 Å². The SMILES string of the molecule is CC(C)N(C)C(=O)CN1CCN(C(=O)c2ccc(C(F)(F)F)cc2)CC1. The largest absolute Gasteiger partial charge is 0.416 e. The zero-order valence-electron chi connectivity index (χ0n) is 15.2. The molecule has 0 atom stereocenters. The summed E-state index contributed by atoms with van der Waals surface area (Å²) in [6, 6.07) is 4.38. The molecule has 2 amide bonds. The number of benzene rings is 1. The molecule has 26 heavy (non-hydrogen) atoms. The van der Waals surface area contributed by atoms with Crippen molar-refractivity contribution in [2.75, 3.05) is 39.8 Å². The van der Waals surface area contributed by atoms with Gasteiger partial charge in [0.25, 0.3) is 5.91 Å². The average molecular weight is 371 g/mol. The molecule has 1 aromatic carbocycles. The molecule has 1 aliphatic heterocycles. The van der Waals surface area contributed by atoms with E-state index in [2.05, 4.69) is 0 Å². The van der Waals surface area contributed by atoms with E-state index in [9.17, 15) is 22.8 Å². The number of halogens is 3. The molecule has 0 N–H and O–H groups in total. The highest BCUT2D eigenvalue weighted by Crippen LogP contribution is 2.29. The van der Waals surface area contributed by atoms with E-state index in [4.69, 9.17) is 0 Å². The Hall–Kier alpha value is -2.09. The molecule has 0 radical (unpaired) electrons. The fourth-order valence-corrected chi connectivity index (χ4v) is 2.68. The van der Waals surface area contributed by atoms with E-state index in [-0.39, 0.29) is 23.4 Å². The first-order valence-electron chi connectivity index (χ1n) is 8.54. The predicted molar refractivity (Wildman–Crippen MR) is 91.7 cm³/mol. The van der Waals surface area contributed by atoms with Crippen LogP contribution in [-0.2, 0) is 11.0 Å². The Labute approximate surface area is 151 Å². The molecular formula is C18H24F3N3O2. The fourth-order valence-electron chi connectivity index (χ4n) is 2.68. The van der Waals surface area contributed by atoms with Crippen molar-refractivity contribution in [2.24, 2.45) is 0 Å². The van der Waals surface area contributed by atoms with Gasteiger partial charge in [0, 0.05) is 44.8 Å². The fraction of sp³-hybridized carbons (Fsp3) is 0.556. The van der Waals surface area contributed by atoms with Gasteiger partial charge in [-0.3, -0.25) is 14.5 Å². The number of piperazine rings is 1. The minimum atomic E-state index is -4.41. The number of hydrogen-bond acceptors (Lipinski definition) is 3. The summed E-state index contributed by atoms with van der Waals surface area (Å²) in [5.74, 6) is -0.258. The summed E-state index contributed by atoms with van der Waals surface area (Å²) in [4.78, 5) is 29.8. The van der Waals surface area contributed by atoms with Crippen molar-refractivity contribution in [3.63, 3.8) is 0 Å². The maximum atomic E-state index is 12.6. The Morgan fingerprint density at radius 2 is 1.62 bits per heavy atom. The molecule has 5 nitrogen and oxygen atoms in total. The zero-order chi connectivity index (χ0) is 19.5. The number of nitrogens with zero attached hydrogens (tertiary/aromatic N) is 3. The predicted octanol–water partition coefficient (Wildman–Crippen LogP) is 2.33. The number of likely N-dealkylation sites (N-methyl/N-ethyl adjacent to an activating group) is 1. The van der Waals surface area contributed by atoms with E-state index >= 15 is 0 Å². The summed E-state index contributed by atoms with van der Waals surface area (Å²) in [6.07, 6.45) is -4.41. The van der Waals surface area contributed by atoms with Gasteiger partial charge in [-0.1, -0.05) is 0 Å². The second-order valence-corrected chi connectivity index (χ2v) is 6.74. The molecule has 0 bridgehead atoms. The molecule has 8 heteroatoms. The molecule has 0 saturated carbocycles. The number of amides is 2. The van der Waals surface area contributed by atoms with Gasteiger partial charge in [-0.2, -0.15) is 13.2 Å². The number of hydrogen-bond donors (Lipinski definition) is 0. The summed E-state index contributed by atoms with van der Waals surface area (Å²) < 4.78 is 37.8. The number of carbonyl (C=O) groups is 2. The van der Waals surface area contributed by atoms with Crippen molar-refractivity contribution >= 4 is 11.8 Å². The first kappa shape index (κ1) is 20.2. The summed E-state index contributed by atoms with van der Waals surface area (Å²) in [7, 11) is 1.76. The van der Waals surface area contributed by atoms with Crippen LogP contribution in [-0.4, -0.2) is 72.3 Å². The van der Waals surface area contributed by atoms with Crippen molar-refractivity contribution in [1.29, 1.82) is 0 Å². The number of alkyl halides is 3. The standard InChI is InChI=1S/C18H24F3N3O2/c1-13(2)22(3)16(25)12-23-8-10-24(11-9-23)17(26)14-4-6-15(7-5-14)18(19,20)21/h4-7,13H,8-12H2,1-3H3. The Bertz CT molecular complexity index is 636. The first-order chi connectivity index (χ1) is 12.1. The van der Waals surface area contributed by atoms with Crippen molar-refractivity contribution in [1.82, 2.24) is 14.7 Å². The molecule has 1 fully saturated rings. The van der Waals surface area contributed by atoms with Gasteiger partial charge in [0.15, 0.2) is 0 Å². The second-order valence-electron chi connectivity index (χ2n) is 6.74. The van der Waals surface area contributed by atoms with E-state index in [0.717, 1.165) is 12.1 Å². The van der Waals surface area contributed by atoms with Crippen LogP contribution < -0.4 is 0 Å². The van der Waals surface area contributed by atoms with Crippen LogP contribution in [0.3, 0.4) is 0 Å². The normalized spacial score (nSPS) is 16.0. The van der Waals surface area contributed by atoms with Gasteiger partial charge in [-0.25, -0.2) is 0 Å². The second kappa shape index (κ2) is 8.07. The molecule has 2 rings (SSSR count). The molecule has 0 aromatic heterocycles. The topological polar surface area (TPSA) is 43.9 Å². The van der Waals surface area contributed by atoms with Gasteiger partial charge in [0.2, 0.25) is 5.91 Å². The highest BCUT2D eigenvalue weighted by atomic mass is 19.4. The monoisotopic (exact) mass is 371 g/mol. The first-order valence-corrected chi connectivity index (χ1v) is 8.54. The van der Waals surface area contributed by atoms with Crippen LogP contribution in [0.5, 0.6) is 0 Å². The van der Waals surface area contributed by atoms with Crippen LogP contribution in [0.25, 0.3) is 0 Å². The lowest BCUT2D eigenvalue weighted by Gasteiger charge is -2.35. The molecule has 144 valence electrons. The molecule has 1 aliphatic rings. The van der Waals surface area contributed by atoms with E-state index in [1.54, 1.807) is 16.8 Å². The lowest BCUT2D eigenvalue weighted by Crippen LogP contribution is -2.51. The maximum absolute atomic E-state index is 12.6. The van der Waals surface area contributed by atoms with Crippen molar-refractivity contribution in [3.05, 3.63) is 35.4 Å². The highest BCUT2D eigenvalue weighted by Gasteiger charge is 2.31. The Balaban J connectivity index is 1.89. The maximum Gasteiger partial charge on any atom is 0.416 e. The van der Waals surface area contributed by atoms with Crippen molar-refractivity contribution in [3.8, 4) is 0 Å².